The first-order chi connectivity index (χ1) is 16.5. The summed E-state index contributed by atoms with van der Waals surface area (Å²) in [5, 5.41) is 12.2. The molecule has 0 aliphatic heterocycles. The Morgan fingerprint density at radius 3 is 2.79 bits per heavy atom. The SMILES string of the molecule is Nc1nonc1-c1nc2ccccc2n1CC(=O)N/N=C\c1ccc(-c2cccc(Cl)c2Cl)o1. The lowest BCUT2D eigenvalue weighted by Gasteiger charge is -2.06. The van der Waals surface area contributed by atoms with Crippen molar-refractivity contribution in [3.63, 3.8) is 0 Å². The van der Waals surface area contributed by atoms with Crippen LogP contribution in [0.4, 0.5) is 5.82 Å². The number of furan rings is 1. The first kappa shape index (κ1) is 21.7. The van der Waals surface area contributed by atoms with Crippen LogP contribution in [0.1, 0.15) is 5.76 Å². The number of hydrazone groups is 1. The number of carbonyl (C=O) groups is 1. The van der Waals surface area contributed by atoms with Crippen LogP contribution in [-0.2, 0) is 11.3 Å². The molecule has 0 spiro atoms. The van der Waals surface area contributed by atoms with Gasteiger partial charge in [-0.25, -0.2) is 15.0 Å². The highest BCUT2D eigenvalue weighted by atomic mass is 35.5. The lowest BCUT2D eigenvalue weighted by atomic mass is 10.2. The molecule has 0 fully saturated rings. The van der Waals surface area contributed by atoms with Crippen LogP contribution in [0, 0.1) is 0 Å². The van der Waals surface area contributed by atoms with E-state index in [1.807, 2.05) is 24.3 Å². The monoisotopic (exact) mass is 495 g/mol. The number of carbonyl (C=O) groups excluding carboxylic acids is 1. The zero-order valence-electron chi connectivity index (χ0n) is 17.3. The molecule has 0 unspecified atom stereocenters. The van der Waals surface area contributed by atoms with Crippen LogP contribution in [0.5, 0.6) is 0 Å². The summed E-state index contributed by atoms with van der Waals surface area (Å²) in [6.45, 7) is -0.0962. The quantitative estimate of drug-likeness (QED) is 0.263. The van der Waals surface area contributed by atoms with Gasteiger partial charge < -0.3 is 14.7 Å². The van der Waals surface area contributed by atoms with Gasteiger partial charge in [-0.3, -0.25) is 4.79 Å². The van der Waals surface area contributed by atoms with Crippen LogP contribution in [0.2, 0.25) is 10.0 Å². The highest BCUT2D eigenvalue weighted by molar-refractivity contribution is 6.43. The Bertz CT molecular complexity index is 1540. The number of amides is 1. The second-order valence-electron chi connectivity index (χ2n) is 7.10. The Balaban J connectivity index is 1.33. The number of halogens is 2. The molecule has 0 saturated carbocycles. The first-order valence-corrected chi connectivity index (χ1v) is 10.7. The largest absolute Gasteiger partial charge is 0.455 e. The number of rotatable bonds is 6. The van der Waals surface area contributed by atoms with E-state index < -0.39 is 5.91 Å². The molecule has 0 radical (unpaired) electrons. The predicted molar refractivity (Wildman–Crippen MR) is 127 cm³/mol. The van der Waals surface area contributed by atoms with Crippen molar-refractivity contribution >= 4 is 52.2 Å². The molecule has 3 heterocycles. The molecular formula is C22H15Cl2N7O3. The van der Waals surface area contributed by atoms with Crippen LogP contribution in [-0.4, -0.2) is 32.0 Å². The number of nitrogens with two attached hydrogens (primary N) is 1. The van der Waals surface area contributed by atoms with Crippen LogP contribution in [0.3, 0.4) is 0 Å². The van der Waals surface area contributed by atoms with E-state index in [2.05, 4.69) is 30.5 Å². The smallest absolute Gasteiger partial charge is 0.260 e. The maximum absolute atomic E-state index is 12.6. The number of nitrogens with one attached hydrogen (secondary N) is 1. The summed E-state index contributed by atoms with van der Waals surface area (Å²) in [5.41, 5.74) is 10.6. The number of hydrogen-bond donors (Lipinski definition) is 2. The lowest BCUT2D eigenvalue weighted by Crippen LogP contribution is -2.23. The number of hydrogen-bond acceptors (Lipinski definition) is 8. The normalized spacial score (nSPS) is 11.5. The van der Waals surface area contributed by atoms with E-state index in [4.69, 9.17) is 33.4 Å². The van der Waals surface area contributed by atoms with Gasteiger partial charge in [0.05, 0.1) is 27.3 Å². The fourth-order valence-corrected chi connectivity index (χ4v) is 3.77. The molecule has 0 aliphatic rings. The molecule has 34 heavy (non-hydrogen) atoms. The summed E-state index contributed by atoms with van der Waals surface area (Å²) in [6.07, 6.45) is 1.38. The molecule has 0 bridgehead atoms. The molecule has 170 valence electrons. The van der Waals surface area contributed by atoms with Crippen LogP contribution >= 0.6 is 23.2 Å². The van der Waals surface area contributed by atoms with Gasteiger partial charge in [-0.2, -0.15) is 5.10 Å². The zero-order valence-corrected chi connectivity index (χ0v) is 18.8. The maximum Gasteiger partial charge on any atom is 0.260 e. The van der Waals surface area contributed by atoms with Gasteiger partial charge in [-0.15, -0.1) is 0 Å². The van der Waals surface area contributed by atoms with E-state index in [1.54, 1.807) is 34.9 Å². The van der Waals surface area contributed by atoms with Crippen LogP contribution in [0.25, 0.3) is 33.9 Å². The highest BCUT2D eigenvalue weighted by Crippen LogP contribution is 2.34. The summed E-state index contributed by atoms with van der Waals surface area (Å²) in [4.78, 5) is 17.1. The number of nitrogen functional groups attached to an aromatic ring is 1. The zero-order chi connectivity index (χ0) is 23.7. The number of para-hydroxylation sites is 2. The van der Waals surface area contributed by atoms with E-state index in [1.165, 1.54) is 6.21 Å². The van der Waals surface area contributed by atoms with Crippen molar-refractivity contribution in [1.29, 1.82) is 0 Å². The second kappa shape index (κ2) is 9.00. The van der Waals surface area contributed by atoms with Crippen LogP contribution in [0.15, 0.2) is 68.7 Å². The average molecular weight is 496 g/mol. The number of benzene rings is 2. The summed E-state index contributed by atoms with van der Waals surface area (Å²) in [6, 6.07) is 16.0. The van der Waals surface area contributed by atoms with Crippen molar-refractivity contribution in [2.45, 2.75) is 6.54 Å². The van der Waals surface area contributed by atoms with Gasteiger partial charge in [0.1, 0.15) is 18.1 Å². The minimum atomic E-state index is -0.402. The number of nitrogens with zero attached hydrogens (tertiary/aromatic N) is 5. The molecule has 0 atom stereocenters. The van der Waals surface area contributed by atoms with E-state index in [0.717, 1.165) is 0 Å². The molecular weight excluding hydrogens is 481 g/mol. The number of fused-ring (bicyclic) bond motifs is 1. The molecule has 0 aliphatic carbocycles. The Kier molecular flexibility index (Phi) is 5.74. The predicted octanol–water partition coefficient (Wildman–Crippen LogP) is 4.39. The number of anilines is 1. The third-order valence-electron chi connectivity index (χ3n) is 4.91. The summed E-state index contributed by atoms with van der Waals surface area (Å²) in [7, 11) is 0. The van der Waals surface area contributed by atoms with Gasteiger partial charge in [0, 0.05) is 5.56 Å². The Hall–Kier alpha value is -4.15. The highest BCUT2D eigenvalue weighted by Gasteiger charge is 2.20. The minimum absolute atomic E-state index is 0.0726. The van der Waals surface area contributed by atoms with E-state index >= 15 is 0 Å². The molecule has 0 saturated heterocycles. The van der Waals surface area contributed by atoms with Gasteiger partial charge in [-0.05, 0) is 46.7 Å². The van der Waals surface area contributed by atoms with Crippen molar-refractivity contribution in [2.24, 2.45) is 5.10 Å². The van der Waals surface area contributed by atoms with Crippen molar-refractivity contribution in [3.8, 4) is 22.8 Å². The van der Waals surface area contributed by atoms with Gasteiger partial charge in [0.25, 0.3) is 5.91 Å². The third-order valence-corrected chi connectivity index (χ3v) is 5.73. The van der Waals surface area contributed by atoms with E-state index in [0.29, 0.717) is 44.0 Å². The van der Waals surface area contributed by atoms with Gasteiger partial charge in [0.2, 0.25) is 0 Å². The van der Waals surface area contributed by atoms with Crippen molar-refractivity contribution < 1.29 is 13.8 Å². The molecule has 3 aromatic heterocycles. The molecule has 5 rings (SSSR count). The Labute approximate surface area is 201 Å². The van der Waals surface area contributed by atoms with Gasteiger partial charge >= 0.3 is 0 Å². The molecule has 10 nitrogen and oxygen atoms in total. The summed E-state index contributed by atoms with van der Waals surface area (Å²) >= 11 is 12.3. The summed E-state index contributed by atoms with van der Waals surface area (Å²) < 4.78 is 12.1. The molecule has 1 amide bonds. The van der Waals surface area contributed by atoms with Crippen molar-refractivity contribution in [2.75, 3.05) is 5.73 Å². The minimum Gasteiger partial charge on any atom is -0.455 e. The molecule has 2 aromatic carbocycles. The van der Waals surface area contributed by atoms with Gasteiger partial charge in [0.15, 0.2) is 17.3 Å². The van der Waals surface area contributed by atoms with Gasteiger partial charge in [-0.1, -0.05) is 41.4 Å². The topological polar surface area (TPSA) is 137 Å². The second-order valence-corrected chi connectivity index (χ2v) is 7.89. The molecule has 12 heteroatoms. The average Bonchev–Trinajstić information content (AvgIpc) is 3.55. The standard InChI is InChI=1S/C22H15Cl2N7O3/c23-14-5-3-4-13(19(14)24)17-9-8-12(33-17)10-26-28-18(32)11-31-16-7-2-1-6-15(16)27-22(31)20-21(25)30-34-29-20/h1-10H,11H2,(H2,25,30)(H,28,32)/b26-10-. The number of aromatic nitrogens is 4. The summed E-state index contributed by atoms with van der Waals surface area (Å²) in [5.74, 6) is 0.965. The third kappa shape index (κ3) is 4.12. The first-order valence-electron chi connectivity index (χ1n) is 9.91. The van der Waals surface area contributed by atoms with Crippen molar-refractivity contribution in [3.05, 3.63) is 70.4 Å². The van der Waals surface area contributed by atoms with Crippen molar-refractivity contribution in [1.82, 2.24) is 25.3 Å². The fourth-order valence-electron chi connectivity index (χ4n) is 3.37. The molecule has 5 aromatic rings. The molecule has 3 N–H and O–H groups in total. The van der Waals surface area contributed by atoms with Crippen LogP contribution < -0.4 is 11.2 Å². The Morgan fingerprint density at radius 1 is 1.12 bits per heavy atom. The lowest BCUT2D eigenvalue weighted by molar-refractivity contribution is -0.121. The van der Waals surface area contributed by atoms with E-state index in [9.17, 15) is 4.79 Å². The van der Waals surface area contributed by atoms with E-state index in [-0.39, 0.29) is 18.1 Å². The maximum atomic E-state index is 12.6. The fraction of sp³-hybridized carbons (Fsp3) is 0.0455. The number of imidazole rings is 1. The Morgan fingerprint density at radius 2 is 1.97 bits per heavy atom.